The van der Waals surface area contributed by atoms with Gasteiger partial charge in [0, 0.05) is 16.7 Å². The highest BCUT2D eigenvalue weighted by molar-refractivity contribution is 6.35. The lowest BCUT2D eigenvalue weighted by Crippen LogP contribution is -2.15. The van der Waals surface area contributed by atoms with Gasteiger partial charge in [0.15, 0.2) is 0 Å². The van der Waals surface area contributed by atoms with E-state index in [0.29, 0.717) is 33.9 Å². The van der Waals surface area contributed by atoms with E-state index in [-0.39, 0.29) is 0 Å². The molecule has 0 spiro atoms. The van der Waals surface area contributed by atoms with Crippen molar-refractivity contribution in [2.45, 2.75) is 32.1 Å². The van der Waals surface area contributed by atoms with Crippen molar-refractivity contribution in [3.63, 3.8) is 0 Å². The smallest absolute Gasteiger partial charge is 0.328 e. The van der Waals surface area contributed by atoms with Crippen molar-refractivity contribution in [2.75, 3.05) is 6.61 Å². The van der Waals surface area contributed by atoms with Crippen LogP contribution in [0.15, 0.2) is 18.2 Å². The minimum Gasteiger partial charge on any atom is -0.491 e. The lowest BCUT2D eigenvalue weighted by atomic mass is 9.90. The van der Waals surface area contributed by atoms with Crippen molar-refractivity contribution < 1.29 is 14.6 Å². The monoisotopic (exact) mass is 328 g/mol. The largest absolute Gasteiger partial charge is 0.491 e. The number of halogens is 2. The number of carboxylic acid groups (broad SMARTS) is 1. The van der Waals surface area contributed by atoms with Crippen molar-refractivity contribution in [1.29, 1.82) is 0 Å². The predicted octanol–water partition coefficient (Wildman–Crippen LogP) is 5.05. The molecule has 0 atom stereocenters. The molecule has 1 fully saturated rings. The van der Waals surface area contributed by atoms with Crippen molar-refractivity contribution in [1.82, 2.24) is 0 Å². The van der Waals surface area contributed by atoms with Crippen molar-refractivity contribution in [3.05, 3.63) is 33.8 Å². The summed E-state index contributed by atoms with van der Waals surface area (Å²) in [5, 5.41) is 9.60. The third-order valence-corrected chi connectivity index (χ3v) is 4.13. The van der Waals surface area contributed by atoms with Gasteiger partial charge < -0.3 is 9.84 Å². The highest BCUT2D eigenvalue weighted by Crippen LogP contribution is 2.34. The summed E-state index contributed by atoms with van der Waals surface area (Å²) in [6, 6.07) is 3.26. The molecule has 1 aromatic carbocycles. The third-order valence-electron chi connectivity index (χ3n) is 3.63. The zero-order chi connectivity index (χ0) is 15.2. The molecule has 21 heavy (non-hydrogen) atoms. The number of aliphatic carboxylic acids is 1. The van der Waals surface area contributed by atoms with E-state index in [1.165, 1.54) is 38.2 Å². The standard InChI is InChI=1S/C16H18Cl2O3/c17-13-8-12(6-7-15(19)20)16(14(18)9-13)21-10-11-4-2-1-3-5-11/h6-9,11H,1-5,10H2,(H,19,20)/b7-6+. The van der Waals surface area contributed by atoms with Gasteiger partial charge in [0.05, 0.1) is 11.6 Å². The molecule has 2 rings (SSSR count). The van der Waals surface area contributed by atoms with Crippen LogP contribution >= 0.6 is 23.2 Å². The van der Waals surface area contributed by atoms with E-state index in [4.69, 9.17) is 33.0 Å². The zero-order valence-corrected chi connectivity index (χ0v) is 13.2. The summed E-state index contributed by atoms with van der Waals surface area (Å²) in [5.74, 6) is 0.0234. The quantitative estimate of drug-likeness (QED) is 0.769. The fourth-order valence-electron chi connectivity index (χ4n) is 2.57. The van der Waals surface area contributed by atoms with E-state index in [1.54, 1.807) is 12.1 Å². The van der Waals surface area contributed by atoms with Gasteiger partial charge in [0.2, 0.25) is 0 Å². The number of benzene rings is 1. The second-order valence-electron chi connectivity index (χ2n) is 5.29. The number of carbonyl (C=O) groups is 1. The molecule has 3 nitrogen and oxygen atoms in total. The molecule has 0 amide bonds. The molecule has 0 radical (unpaired) electrons. The highest BCUT2D eigenvalue weighted by Gasteiger charge is 2.16. The van der Waals surface area contributed by atoms with Gasteiger partial charge in [-0.15, -0.1) is 0 Å². The van der Waals surface area contributed by atoms with E-state index in [2.05, 4.69) is 0 Å². The van der Waals surface area contributed by atoms with Gasteiger partial charge in [-0.2, -0.15) is 0 Å². The van der Waals surface area contributed by atoms with Gasteiger partial charge in [0.25, 0.3) is 0 Å². The topological polar surface area (TPSA) is 46.5 Å². The third kappa shape index (κ3) is 4.94. The minimum absolute atomic E-state index is 0.406. The van der Waals surface area contributed by atoms with Crippen LogP contribution in [0.4, 0.5) is 0 Å². The first-order chi connectivity index (χ1) is 10.1. The van der Waals surface area contributed by atoms with Crippen molar-refractivity contribution >= 4 is 35.2 Å². The normalized spacial score (nSPS) is 16.3. The van der Waals surface area contributed by atoms with Gasteiger partial charge in [0.1, 0.15) is 5.75 Å². The van der Waals surface area contributed by atoms with E-state index in [1.807, 2.05) is 0 Å². The summed E-state index contributed by atoms with van der Waals surface area (Å²) >= 11 is 12.1. The number of hydrogen-bond acceptors (Lipinski definition) is 2. The molecule has 0 unspecified atom stereocenters. The SMILES string of the molecule is O=C(O)/C=C/c1cc(Cl)cc(Cl)c1OCC1CCCCC1. The molecule has 114 valence electrons. The lowest BCUT2D eigenvalue weighted by Gasteiger charge is -2.22. The van der Waals surface area contributed by atoms with Crippen molar-refractivity contribution in [3.8, 4) is 5.75 Å². The number of hydrogen-bond donors (Lipinski definition) is 1. The second kappa shape index (κ2) is 7.71. The van der Waals surface area contributed by atoms with Crippen LogP contribution in [0.3, 0.4) is 0 Å². The Morgan fingerprint density at radius 2 is 2.00 bits per heavy atom. The number of rotatable bonds is 5. The highest BCUT2D eigenvalue weighted by atomic mass is 35.5. The lowest BCUT2D eigenvalue weighted by molar-refractivity contribution is -0.131. The first-order valence-corrected chi connectivity index (χ1v) is 7.84. The molecular formula is C16H18Cl2O3. The summed E-state index contributed by atoms with van der Waals surface area (Å²) in [5.41, 5.74) is 0.589. The molecular weight excluding hydrogens is 311 g/mol. The predicted molar refractivity (Wildman–Crippen MR) is 85.2 cm³/mol. The molecule has 1 aliphatic rings. The molecule has 5 heteroatoms. The van der Waals surface area contributed by atoms with E-state index < -0.39 is 5.97 Å². The van der Waals surface area contributed by atoms with Crippen LogP contribution in [-0.2, 0) is 4.79 Å². The van der Waals surface area contributed by atoms with Gasteiger partial charge in [-0.3, -0.25) is 0 Å². The molecule has 0 saturated heterocycles. The van der Waals surface area contributed by atoms with Crippen molar-refractivity contribution in [2.24, 2.45) is 5.92 Å². The van der Waals surface area contributed by atoms with Gasteiger partial charge in [-0.05, 0) is 37.0 Å². The Balaban J connectivity index is 2.14. The summed E-state index contributed by atoms with van der Waals surface area (Å²) in [6.07, 6.45) is 8.63. The fourth-order valence-corrected chi connectivity index (χ4v) is 3.14. The van der Waals surface area contributed by atoms with Crippen LogP contribution in [-0.4, -0.2) is 17.7 Å². The van der Waals surface area contributed by atoms with Crippen LogP contribution in [0.1, 0.15) is 37.7 Å². The maximum atomic E-state index is 10.7. The zero-order valence-electron chi connectivity index (χ0n) is 11.6. The molecule has 0 bridgehead atoms. The van der Waals surface area contributed by atoms with E-state index in [9.17, 15) is 4.79 Å². The Morgan fingerprint density at radius 1 is 1.29 bits per heavy atom. The first-order valence-electron chi connectivity index (χ1n) is 7.09. The van der Waals surface area contributed by atoms with Crippen LogP contribution in [0.25, 0.3) is 6.08 Å². The Morgan fingerprint density at radius 3 is 2.67 bits per heavy atom. The Labute approximate surface area is 134 Å². The Hall–Kier alpha value is -1.19. The molecule has 1 aliphatic carbocycles. The van der Waals surface area contributed by atoms with Gasteiger partial charge in [-0.1, -0.05) is 42.5 Å². The molecule has 0 aliphatic heterocycles. The summed E-state index contributed by atoms with van der Waals surface area (Å²) in [7, 11) is 0. The second-order valence-corrected chi connectivity index (χ2v) is 6.14. The van der Waals surface area contributed by atoms with Crippen LogP contribution in [0.5, 0.6) is 5.75 Å². The Kier molecular flexibility index (Phi) is 5.95. The van der Waals surface area contributed by atoms with Crippen LogP contribution in [0, 0.1) is 5.92 Å². The maximum absolute atomic E-state index is 10.7. The molecule has 1 saturated carbocycles. The first kappa shape index (κ1) is 16.2. The summed E-state index contributed by atoms with van der Waals surface area (Å²) in [6.45, 7) is 0.606. The van der Waals surface area contributed by atoms with Crippen LogP contribution in [0.2, 0.25) is 10.0 Å². The van der Waals surface area contributed by atoms with E-state index >= 15 is 0 Å². The summed E-state index contributed by atoms with van der Waals surface area (Å²) < 4.78 is 5.86. The number of carboxylic acids is 1. The molecule has 0 heterocycles. The molecule has 0 aromatic heterocycles. The fraction of sp³-hybridized carbons (Fsp3) is 0.438. The molecule has 1 aromatic rings. The van der Waals surface area contributed by atoms with E-state index in [0.717, 1.165) is 6.08 Å². The maximum Gasteiger partial charge on any atom is 0.328 e. The van der Waals surface area contributed by atoms with Gasteiger partial charge >= 0.3 is 5.97 Å². The Bertz CT molecular complexity index is 535. The average molecular weight is 329 g/mol. The van der Waals surface area contributed by atoms with Crippen LogP contribution < -0.4 is 4.74 Å². The minimum atomic E-state index is -1.02. The average Bonchev–Trinajstić information content (AvgIpc) is 2.45. The molecule has 1 N–H and O–H groups in total. The summed E-state index contributed by atoms with van der Waals surface area (Å²) in [4.78, 5) is 10.7. The number of ether oxygens (including phenoxy) is 1. The van der Waals surface area contributed by atoms with Gasteiger partial charge in [-0.25, -0.2) is 4.79 Å².